The second kappa shape index (κ2) is 3.92. The van der Waals surface area contributed by atoms with E-state index in [2.05, 4.69) is 0 Å². The molecule has 13 heavy (non-hydrogen) atoms. The number of aryl methyl sites for hydroxylation is 1. The summed E-state index contributed by atoms with van der Waals surface area (Å²) in [4.78, 5) is 0. The quantitative estimate of drug-likeness (QED) is 0.742. The minimum atomic E-state index is -0.173. The van der Waals surface area contributed by atoms with Gasteiger partial charge in [-0.1, -0.05) is 6.07 Å². The molecule has 0 spiro atoms. The van der Waals surface area contributed by atoms with Crippen LogP contribution in [-0.2, 0) is 6.61 Å². The fraction of sp³-hybridized carbons (Fsp3) is 0.300. The molecule has 3 nitrogen and oxygen atoms in total. The van der Waals surface area contributed by atoms with Crippen LogP contribution < -0.4 is 4.74 Å². The van der Waals surface area contributed by atoms with Crippen LogP contribution in [0.3, 0.4) is 0 Å². The fourth-order valence-electron chi connectivity index (χ4n) is 1.25. The van der Waals surface area contributed by atoms with Crippen LogP contribution in [0, 0.1) is 18.3 Å². The summed E-state index contributed by atoms with van der Waals surface area (Å²) < 4.78 is 5.02. The molecule has 0 aromatic heterocycles. The van der Waals surface area contributed by atoms with Gasteiger partial charge in [0.15, 0.2) is 0 Å². The number of methoxy groups -OCH3 is 1. The molecule has 0 radical (unpaired) electrons. The first kappa shape index (κ1) is 9.56. The third-order valence-corrected chi connectivity index (χ3v) is 1.97. The highest BCUT2D eigenvalue weighted by molar-refractivity contribution is 5.50. The molecule has 1 aromatic rings. The van der Waals surface area contributed by atoms with Crippen molar-refractivity contribution in [1.82, 2.24) is 0 Å². The third-order valence-electron chi connectivity index (χ3n) is 1.97. The molecule has 0 amide bonds. The van der Waals surface area contributed by atoms with Crippen LogP contribution in [0.4, 0.5) is 0 Å². The Balaban J connectivity index is 3.38. The molecule has 0 saturated heterocycles. The average Bonchev–Trinajstić information content (AvgIpc) is 2.17. The molecule has 0 aliphatic rings. The molecular weight excluding hydrogens is 166 g/mol. The number of nitriles is 1. The van der Waals surface area contributed by atoms with Gasteiger partial charge in [-0.3, -0.25) is 0 Å². The second-order valence-corrected chi connectivity index (χ2v) is 2.71. The maximum atomic E-state index is 9.05. The molecule has 1 N–H and O–H groups in total. The topological polar surface area (TPSA) is 53.2 Å². The van der Waals surface area contributed by atoms with Gasteiger partial charge in [0.25, 0.3) is 0 Å². The van der Waals surface area contributed by atoms with Crippen LogP contribution >= 0.6 is 0 Å². The highest BCUT2D eigenvalue weighted by atomic mass is 16.5. The summed E-state index contributed by atoms with van der Waals surface area (Å²) in [6, 6.07) is 5.60. The minimum absolute atomic E-state index is 0.173. The summed E-state index contributed by atoms with van der Waals surface area (Å²) in [6.07, 6.45) is 0. The molecule has 3 heteroatoms. The SMILES string of the molecule is COc1ccc(C)c(C#N)c1CO. The zero-order valence-corrected chi connectivity index (χ0v) is 7.66. The number of rotatable bonds is 2. The van der Waals surface area contributed by atoms with E-state index in [-0.39, 0.29) is 6.61 Å². The van der Waals surface area contributed by atoms with Crippen LogP contribution in [0.5, 0.6) is 5.75 Å². The summed E-state index contributed by atoms with van der Waals surface area (Å²) in [5.41, 5.74) is 1.92. The molecule has 0 unspecified atom stereocenters. The first-order chi connectivity index (χ1) is 6.24. The molecule has 0 bridgehead atoms. The van der Waals surface area contributed by atoms with E-state index in [1.54, 1.807) is 12.1 Å². The Morgan fingerprint density at radius 2 is 2.23 bits per heavy atom. The van der Waals surface area contributed by atoms with E-state index >= 15 is 0 Å². The maximum absolute atomic E-state index is 9.05. The lowest BCUT2D eigenvalue weighted by molar-refractivity contribution is 0.273. The molecule has 0 fully saturated rings. The smallest absolute Gasteiger partial charge is 0.125 e. The third kappa shape index (κ3) is 1.63. The van der Waals surface area contributed by atoms with Gasteiger partial charge in [-0.15, -0.1) is 0 Å². The number of hydrogen-bond donors (Lipinski definition) is 1. The molecule has 1 aromatic carbocycles. The summed E-state index contributed by atoms with van der Waals surface area (Å²) in [5, 5.41) is 17.9. The molecule has 0 aliphatic carbocycles. The van der Waals surface area contributed by atoms with Crippen molar-refractivity contribution in [3.05, 3.63) is 28.8 Å². The molecule has 0 heterocycles. The number of aliphatic hydroxyl groups excluding tert-OH is 1. The van der Waals surface area contributed by atoms with E-state index < -0.39 is 0 Å². The lowest BCUT2D eigenvalue weighted by Gasteiger charge is -2.09. The Morgan fingerprint density at radius 3 is 2.69 bits per heavy atom. The minimum Gasteiger partial charge on any atom is -0.496 e. The summed E-state index contributed by atoms with van der Waals surface area (Å²) >= 11 is 0. The van der Waals surface area contributed by atoms with Crippen LogP contribution in [0.1, 0.15) is 16.7 Å². The number of aliphatic hydroxyl groups is 1. The lowest BCUT2D eigenvalue weighted by Crippen LogP contribution is -1.97. The van der Waals surface area contributed by atoms with Gasteiger partial charge < -0.3 is 9.84 Å². The monoisotopic (exact) mass is 177 g/mol. The van der Waals surface area contributed by atoms with E-state index in [1.807, 2.05) is 13.0 Å². The zero-order chi connectivity index (χ0) is 9.84. The van der Waals surface area contributed by atoms with Gasteiger partial charge in [0.2, 0.25) is 0 Å². The van der Waals surface area contributed by atoms with E-state index in [1.165, 1.54) is 7.11 Å². The number of ether oxygens (including phenoxy) is 1. The maximum Gasteiger partial charge on any atom is 0.125 e. The zero-order valence-electron chi connectivity index (χ0n) is 7.66. The number of hydrogen-bond acceptors (Lipinski definition) is 3. The van der Waals surface area contributed by atoms with Crippen molar-refractivity contribution in [2.75, 3.05) is 7.11 Å². The fourth-order valence-corrected chi connectivity index (χ4v) is 1.25. The summed E-state index contributed by atoms with van der Waals surface area (Å²) in [5.74, 6) is 0.560. The first-order valence-electron chi connectivity index (χ1n) is 3.92. The van der Waals surface area contributed by atoms with Crippen molar-refractivity contribution in [3.8, 4) is 11.8 Å². The van der Waals surface area contributed by atoms with Crippen molar-refractivity contribution in [2.45, 2.75) is 13.5 Å². The van der Waals surface area contributed by atoms with E-state index in [0.717, 1.165) is 5.56 Å². The van der Waals surface area contributed by atoms with Crippen molar-refractivity contribution >= 4 is 0 Å². The highest BCUT2D eigenvalue weighted by Crippen LogP contribution is 2.24. The standard InChI is InChI=1S/C10H11NO2/c1-7-3-4-10(13-2)9(6-12)8(7)5-11/h3-4,12H,6H2,1-2H3. The molecule has 68 valence electrons. The van der Waals surface area contributed by atoms with E-state index in [9.17, 15) is 0 Å². The van der Waals surface area contributed by atoms with Gasteiger partial charge in [-0.05, 0) is 18.6 Å². The van der Waals surface area contributed by atoms with Crippen molar-refractivity contribution in [3.63, 3.8) is 0 Å². The molecule has 0 aliphatic heterocycles. The van der Waals surface area contributed by atoms with Gasteiger partial charge in [-0.25, -0.2) is 0 Å². The molecule has 0 saturated carbocycles. The predicted molar refractivity (Wildman–Crippen MR) is 48.4 cm³/mol. The molecule has 1 rings (SSSR count). The Morgan fingerprint density at radius 1 is 1.54 bits per heavy atom. The molecule has 0 atom stereocenters. The number of benzene rings is 1. The Kier molecular flexibility index (Phi) is 2.88. The lowest BCUT2D eigenvalue weighted by atomic mass is 10.0. The van der Waals surface area contributed by atoms with Crippen molar-refractivity contribution in [1.29, 1.82) is 5.26 Å². The van der Waals surface area contributed by atoms with E-state index in [4.69, 9.17) is 15.1 Å². The largest absolute Gasteiger partial charge is 0.496 e. The van der Waals surface area contributed by atoms with E-state index in [0.29, 0.717) is 16.9 Å². The van der Waals surface area contributed by atoms with Crippen LogP contribution in [0.25, 0.3) is 0 Å². The van der Waals surface area contributed by atoms with Crippen molar-refractivity contribution in [2.24, 2.45) is 0 Å². The van der Waals surface area contributed by atoms with Gasteiger partial charge in [0.05, 0.1) is 25.3 Å². The predicted octanol–water partition coefficient (Wildman–Crippen LogP) is 1.37. The van der Waals surface area contributed by atoms with Crippen LogP contribution in [0.2, 0.25) is 0 Å². The van der Waals surface area contributed by atoms with Crippen LogP contribution in [0.15, 0.2) is 12.1 Å². The normalized spacial score (nSPS) is 9.38. The Bertz CT molecular complexity index is 353. The number of nitrogens with zero attached hydrogens (tertiary/aromatic N) is 1. The summed E-state index contributed by atoms with van der Waals surface area (Å²) in [6.45, 7) is 1.66. The summed E-state index contributed by atoms with van der Waals surface area (Å²) in [7, 11) is 1.52. The average molecular weight is 177 g/mol. The highest BCUT2D eigenvalue weighted by Gasteiger charge is 2.09. The van der Waals surface area contributed by atoms with Gasteiger partial charge in [-0.2, -0.15) is 5.26 Å². The van der Waals surface area contributed by atoms with Gasteiger partial charge in [0.1, 0.15) is 5.75 Å². The Hall–Kier alpha value is -1.53. The Labute approximate surface area is 77.2 Å². The van der Waals surface area contributed by atoms with Gasteiger partial charge >= 0.3 is 0 Å². The van der Waals surface area contributed by atoms with Crippen LogP contribution in [-0.4, -0.2) is 12.2 Å². The first-order valence-corrected chi connectivity index (χ1v) is 3.92. The molecular formula is C10H11NO2. The van der Waals surface area contributed by atoms with Gasteiger partial charge in [0, 0.05) is 5.56 Å². The van der Waals surface area contributed by atoms with Crippen molar-refractivity contribution < 1.29 is 9.84 Å². The second-order valence-electron chi connectivity index (χ2n) is 2.71.